The van der Waals surface area contributed by atoms with E-state index in [2.05, 4.69) is 0 Å². The summed E-state index contributed by atoms with van der Waals surface area (Å²) in [6.07, 6.45) is 0. The maximum atomic E-state index is 11.8. The maximum Gasteiger partial charge on any atom is 0.248 e. The number of Topliss-reactive ketones (excluding diaryl/α,β-unsaturated/α-hetero) is 1. The summed E-state index contributed by atoms with van der Waals surface area (Å²) in [4.78, 5) is 23.0. The van der Waals surface area contributed by atoms with Gasteiger partial charge in [-0.15, -0.1) is 0 Å². The van der Waals surface area contributed by atoms with Crippen molar-refractivity contribution in [3.63, 3.8) is 0 Å². The first-order chi connectivity index (χ1) is 8.62. The Morgan fingerprint density at radius 2 is 1.63 bits per heavy atom. The van der Waals surface area contributed by atoms with Crippen molar-refractivity contribution in [2.45, 2.75) is 34.6 Å². The minimum absolute atomic E-state index is 0.0289. The van der Waals surface area contributed by atoms with E-state index in [1.807, 2.05) is 34.6 Å². The van der Waals surface area contributed by atoms with Crippen molar-refractivity contribution in [2.75, 3.05) is 6.61 Å². The lowest BCUT2D eigenvalue weighted by Gasteiger charge is -2.18. The van der Waals surface area contributed by atoms with Crippen LogP contribution in [-0.2, 0) is 4.79 Å². The lowest BCUT2D eigenvalue weighted by atomic mass is 9.91. The third kappa shape index (κ3) is 3.81. The van der Waals surface area contributed by atoms with Crippen LogP contribution in [0, 0.1) is 19.3 Å². The largest absolute Gasteiger partial charge is 0.485 e. The summed E-state index contributed by atoms with van der Waals surface area (Å²) in [6.45, 7) is 9.26. The molecule has 0 saturated heterocycles. The first kappa shape index (κ1) is 15.2. The van der Waals surface area contributed by atoms with Gasteiger partial charge in [0.25, 0.3) is 0 Å². The highest BCUT2D eigenvalue weighted by molar-refractivity contribution is 5.93. The normalized spacial score (nSPS) is 11.2. The Kier molecular flexibility index (Phi) is 4.35. The number of aryl methyl sites for hydroxylation is 2. The molecule has 19 heavy (non-hydrogen) atoms. The number of ketones is 1. The fourth-order valence-corrected chi connectivity index (χ4v) is 1.67. The van der Waals surface area contributed by atoms with Gasteiger partial charge in [-0.3, -0.25) is 9.59 Å². The lowest BCUT2D eigenvalue weighted by Crippen LogP contribution is -2.26. The highest BCUT2D eigenvalue weighted by atomic mass is 16.5. The van der Waals surface area contributed by atoms with Crippen LogP contribution in [0.5, 0.6) is 5.75 Å². The Morgan fingerprint density at radius 3 is 2.00 bits per heavy atom. The molecule has 104 valence electrons. The molecule has 2 N–H and O–H groups in total. The van der Waals surface area contributed by atoms with Gasteiger partial charge in [0, 0.05) is 11.0 Å². The van der Waals surface area contributed by atoms with E-state index in [9.17, 15) is 9.59 Å². The lowest BCUT2D eigenvalue weighted by molar-refractivity contribution is -0.128. The summed E-state index contributed by atoms with van der Waals surface area (Å²) in [5.41, 5.74) is 6.88. The monoisotopic (exact) mass is 263 g/mol. The highest BCUT2D eigenvalue weighted by Crippen LogP contribution is 2.25. The summed E-state index contributed by atoms with van der Waals surface area (Å²) in [5, 5.41) is 0. The predicted octanol–water partition coefficient (Wildman–Crippen LogP) is 2.40. The fourth-order valence-electron chi connectivity index (χ4n) is 1.67. The first-order valence-corrected chi connectivity index (χ1v) is 6.20. The summed E-state index contributed by atoms with van der Waals surface area (Å²) >= 11 is 0. The van der Waals surface area contributed by atoms with Gasteiger partial charge in [0.15, 0.2) is 5.78 Å². The number of amides is 1. The second-order valence-corrected chi connectivity index (χ2v) is 5.77. The molecular weight excluding hydrogens is 242 g/mol. The van der Waals surface area contributed by atoms with E-state index in [-0.39, 0.29) is 12.4 Å². The third-order valence-electron chi connectivity index (χ3n) is 2.93. The molecule has 0 heterocycles. The number of hydrogen-bond donors (Lipinski definition) is 1. The third-order valence-corrected chi connectivity index (χ3v) is 2.93. The number of primary amides is 1. The van der Waals surface area contributed by atoms with Gasteiger partial charge in [-0.2, -0.15) is 0 Å². The maximum absolute atomic E-state index is 11.8. The van der Waals surface area contributed by atoms with Crippen LogP contribution in [0.2, 0.25) is 0 Å². The number of nitrogens with two attached hydrogens (primary N) is 1. The molecule has 0 fully saturated rings. The summed E-state index contributed by atoms with van der Waals surface area (Å²) in [7, 11) is 0. The van der Waals surface area contributed by atoms with Crippen molar-refractivity contribution >= 4 is 11.7 Å². The number of rotatable bonds is 4. The first-order valence-electron chi connectivity index (χ1n) is 6.20. The minimum Gasteiger partial charge on any atom is -0.485 e. The van der Waals surface area contributed by atoms with Gasteiger partial charge >= 0.3 is 0 Å². The van der Waals surface area contributed by atoms with E-state index in [4.69, 9.17) is 10.5 Å². The van der Waals surface area contributed by atoms with E-state index in [1.54, 1.807) is 12.1 Å². The van der Waals surface area contributed by atoms with Gasteiger partial charge in [-0.1, -0.05) is 20.8 Å². The molecule has 1 rings (SSSR count). The topological polar surface area (TPSA) is 69.4 Å². The van der Waals surface area contributed by atoms with E-state index in [0.29, 0.717) is 11.3 Å². The van der Waals surface area contributed by atoms with Crippen molar-refractivity contribution in [1.29, 1.82) is 0 Å². The molecule has 0 atom stereocenters. The Bertz CT molecular complexity index is 490. The summed E-state index contributed by atoms with van der Waals surface area (Å²) in [5.74, 6) is 0.205. The molecule has 0 radical (unpaired) electrons. The molecule has 0 aromatic heterocycles. The highest BCUT2D eigenvalue weighted by Gasteiger charge is 2.22. The van der Waals surface area contributed by atoms with Gasteiger partial charge in [-0.05, 0) is 37.1 Å². The number of hydrogen-bond acceptors (Lipinski definition) is 3. The van der Waals surface area contributed by atoms with Crippen molar-refractivity contribution < 1.29 is 14.3 Å². The number of carbonyl (C=O) groups is 2. The van der Waals surface area contributed by atoms with Crippen molar-refractivity contribution in [3.05, 3.63) is 28.8 Å². The molecule has 1 aromatic carbocycles. The van der Waals surface area contributed by atoms with Gasteiger partial charge < -0.3 is 10.5 Å². The number of carbonyl (C=O) groups excluding carboxylic acids is 2. The van der Waals surface area contributed by atoms with Crippen molar-refractivity contribution in [3.8, 4) is 5.75 Å². The summed E-state index contributed by atoms with van der Waals surface area (Å²) < 4.78 is 5.59. The van der Waals surface area contributed by atoms with Crippen LogP contribution in [0.1, 0.15) is 42.3 Å². The van der Waals surface area contributed by atoms with E-state index >= 15 is 0 Å². The zero-order chi connectivity index (χ0) is 14.8. The van der Waals surface area contributed by atoms with Gasteiger partial charge in [0.1, 0.15) is 12.4 Å². The Morgan fingerprint density at radius 1 is 1.16 bits per heavy atom. The Labute approximate surface area is 113 Å². The Balaban J connectivity index is 2.92. The van der Waals surface area contributed by atoms with Crippen LogP contribution in [0.4, 0.5) is 0 Å². The van der Waals surface area contributed by atoms with E-state index in [0.717, 1.165) is 11.1 Å². The zero-order valence-corrected chi connectivity index (χ0v) is 12.2. The minimum atomic E-state index is -0.469. The standard InChI is InChI=1S/C15H21NO3/c1-9-6-11(14(16)18)7-10(2)13(9)19-8-12(17)15(3,4)5/h6-7H,8H2,1-5H3,(H2,16,18). The van der Waals surface area contributed by atoms with Crippen molar-refractivity contribution in [2.24, 2.45) is 11.1 Å². The second kappa shape index (κ2) is 5.43. The zero-order valence-electron chi connectivity index (χ0n) is 12.2. The molecule has 1 amide bonds. The van der Waals surface area contributed by atoms with Crippen LogP contribution in [0.25, 0.3) is 0 Å². The summed E-state index contributed by atoms with van der Waals surface area (Å²) in [6, 6.07) is 3.35. The van der Waals surface area contributed by atoms with Crippen LogP contribution in [-0.4, -0.2) is 18.3 Å². The molecule has 0 saturated carbocycles. The van der Waals surface area contributed by atoms with Crippen molar-refractivity contribution in [1.82, 2.24) is 0 Å². The van der Waals surface area contributed by atoms with Crippen LogP contribution >= 0.6 is 0 Å². The Hall–Kier alpha value is -1.84. The molecule has 0 aliphatic rings. The van der Waals surface area contributed by atoms with Crippen LogP contribution in [0.3, 0.4) is 0 Å². The molecule has 4 nitrogen and oxygen atoms in total. The fraction of sp³-hybridized carbons (Fsp3) is 0.467. The number of ether oxygens (including phenoxy) is 1. The van der Waals surface area contributed by atoms with Gasteiger partial charge in [-0.25, -0.2) is 0 Å². The smallest absolute Gasteiger partial charge is 0.248 e. The average molecular weight is 263 g/mol. The van der Waals surface area contributed by atoms with Gasteiger partial charge in [0.2, 0.25) is 5.91 Å². The van der Waals surface area contributed by atoms with Gasteiger partial charge in [0.05, 0.1) is 0 Å². The van der Waals surface area contributed by atoms with Crippen LogP contribution in [0.15, 0.2) is 12.1 Å². The second-order valence-electron chi connectivity index (χ2n) is 5.77. The number of benzene rings is 1. The predicted molar refractivity (Wildman–Crippen MR) is 74.4 cm³/mol. The molecule has 0 aliphatic heterocycles. The quantitative estimate of drug-likeness (QED) is 0.906. The SMILES string of the molecule is Cc1cc(C(N)=O)cc(C)c1OCC(=O)C(C)(C)C. The van der Waals surface area contributed by atoms with E-state index in [1.165, 1.54) is 0 Å². The molecule has 0 unspecified atom stereocenters. The molecule has 1 aromatic rings. The molecule has 0 aliphatic carbocycles. The molecule has 0 bridgehead atoms. The van der Waals surface area contributed by atoms with Crippen LogP contribution < -0.4 is 10.5 Å². The molecule has 0 spiro atoms. The molecular formula is C15H21NO3. The average Bonchev–Trinajstić information content (AvgIpc) is 2.25. The molecule has 4 heteroatoms. The van der Waals surface area contributed by atoms with E-state index < -0.39 is 11.3 Å².